The summed E-state index contributed by atoms with van der Waals surface area (Å²) >= 11 is 0. The van der Waals surface area contributed by atoms with Crippen molar-refractivity contribution in [3.63, 3.8) is 0 Å². The Morgan fingerprint density at radius 1 is 0.962 bits per heavy atom. The van der Waals surface area contributed by atoms with E-state index in [2.05, 4.69) is 16.0 Å². The van der Waals surface area contributed by atoms with Gasteiger partial charge in [0.15, 0.2) is 0 Å². The van der Waals surface area contributed by atoms with Gasteiger partial charge in [0.2, 0.25) is 0 Å². The summed E-state index contributed by atoms with van der Waals surface area (Å²) < 4.78 is 0. The Balaban J connectivity index is 1.63. The van der Waals surface area contributed by atoms with Crippen LogP contribution in [0, 0.1) is 0 Å². The predicted molar refractivity (Wildman–Crippen MR) is 96.1 cm³/mol. The van der Waals surface area contributed by atoms with Crippen LogP contribution < -0.4 is 16.0 Å². The largest absolute Gasteiger partial charge is 0.480 e. The zero-order valence-corrected chi connectivity index (χ0v) is 13.9. The number of nitrogens with one attached hydrogen (secondary N) is 3. The number of amides is 2. The molecule has 2 aromatic rings. The molecule has 0 aliphatic carbocycles. The molecule has 1 heterocycles. The lowest BCUT2D eigenvalue weighted by Crippen LogP contribution is -2.36. The number of carboxylic acids is 1. The van der Waals surface area contributed by atoms with E-state index in [0.29, 0.717) is 29.8 Å². The van der Waals surface area contributed by atoms with Crippen molar-refractivity contribution in [1.29, 1.82) is 0 Å². The second kappa shape index (κ2) is 7.79. The van der Waals surface area contributed by atoms with E-state index in [1.165, 1.54) is 0 Å². The number of carboxylic acid groups (broad SMARTS) is 1. The highest BCUT2D eigenvalue weighted by atomic mass is 16.4. The Bertz CT molecular complexity index is 823. The fourth-order valence-electron chi connectivity index (χ4n) is 2.83. The quantitative estimate of drug-likeness (QED) is 0.651. The minimum Gasteiger partial charge on any atom is -0.480 e. The van der Waals surface area contributed by atoms with Crippen LogP contribution in [0.3, 0.4) is 0 Å². The highest BCUT2D eigenvalue weighted by Crippen LogP contribution is 2.14. The van der Waals surface area contributed by atoms with Crippen LogP contribution in [-0.2, 0) is 4.79 Å². The van der Waals surface area contributed by atoms with Gasteiger partial charge in [-0.25, -0.2) is 0 Å². The lowest BCUT2D eigenvalue weighted by atomic mass is 10.1. The summed E-state index contributed by atoms with van der Waals surface area (Å²) in [4.78, 5) is 35.5. The molecule has 4 N–H and O–H groups in total. The molecule has 1 fully saturated rings. The number of hydrogen-bond acceptors (Lipinski definition) is 4. The number of carbonyl (C=O) groups excluding carboxylic acids is 2. The Morgan fingerprint density at radius 2 is 1.69 bits per heavy atom. The molecule has 0 bridgehead atoms. The summed E-state index contributed by atoms with van der Waals surface area (Å²) in [5.41, 5.74) is 1.44. The summed E-state index contributed by atoms with van der Waals surface area (Å²) in [5.74, 6) is -1.49. The molecule has 26 heavy (non-hydrogen) atoms. The van der Waals surface area contributed by atoms with Gasteiger partial charge in [-0.2, -0.15) is 0 Å². The lowest BCUT2D eigenvalue weighted by molar-refractivity contribution is -0.139. The van der Waals surface area contributed by atoms with E-state index < -0.39 is 12.0 Å². The highest BCUT2D eigenvalue weighted by Gasteiger charge is 2.30. The van der Waals surface area contributed by atoms with Gasteiger partial charge in [0, 0.05) is 29.4 Å². The van der Waals surface area contributed by atoms with Gasteiger partial charge in [0.25, 0.3) is 11.8 Å². The molecular formula is C19H19N3O4. The molecule has 2 aromatic carbocycles. The van der Waals surface area contributed by atoms with Crippen LogP contribution in [0.15, 0.2) is 54.6 Å². The molecule has 134 valence electrons. The van der Waals surface area contributed by atoms with Crippen LogP contribution in [0.25, 0.3) is 0 Å². The molecule has 0 saturated carbocycles. The zero-order valence-electron chi connectivity index (χ0n) is 13.9. The van der Waals surface area contributed by atoms with Crippen molar-refractivity contribution < 1.29 is 19.5 Å². The molecule has 0 unspecified atom stereocenters. The highest BCUT2D eigenvalue weighted by molar-refractivity contribution is 6.05. The second-order valence-corrected chi connectivity index (χ2v) is 6.11. The van der Waals surface area contributed by atoms with Gasteiger partial charge in [-0.05, 0) is 36.8 Å². The van der Waals surface area contributed by atoms with Gasteiger partial charge in [-0.15, -0.1) is 0 Å². The number of anilines is 1. The van der Waals surface area contributed by atoms with E-state index in [4.69, 9.17) is 5.11 Å². The molecule has 7 heteroatoms. The minimum atomic E-state index is -0.924. The average molecular weight is 353 g/mol. The Hall–Kier alpha value is -3.19. The van der Waals surface area contributed by atoms with E-state index in [1.54, 1.807) is 48.5 Å². The predicted octanol–water partition coefficient (Wildman–Crippen LogP) is 1.48. The number of carbonyl (C=O) groups is 3. The third kappa shape index (κ3) is 4.25. The van der Waals surface area contributed by atoms with E-state index in [0.717, 1.165) is 0 Å². The molecule has 1 aliphatic heterocycles. The fraction of sp³-hybridized carbons (Fsp3) is 0.211. The van der Waals surface area contributed by atoms with Crippen molar-refractivity contribution in [3.8, 4) is 0 Å². The van der Waals surface area contributed by atoms with Crippen LogP contribution in [0.2, 0.25) is 0 Å². The van der Waals surface area contributed by atoms with Crippen LogP contribution in [0.5, 0.6) is 0 Å². The summed E-state index contributed by atoms with van der Waals surface area (Å²) in [6.45, 7) is 0.410. The molecule has 1 saturated heterocycles. The van der Waals surface area contributed by atoms with Crippen LogP contribution in [0.4, 0.5) is 5.69 Å². The molecule has 1 aliphatic rings. The normalized spacial score (nSPS) is 18.9. The molecule has 0 radical (unpaired) electrons. The van der Waals surface area contributed by atoms with Crippen molar-refractivity contribution in [3.05, 3.63) is 65.7 Å². The van der Waals surface area contributed by atoms with E-state index >= 15 is 0 Å². The molecule has 0 aromatic heterocycles. The van der Waals surface area contributed by atoms with Crippen molar-refractivity contribution in [1.82, 2.24) is 10.6 Å². The Kier molecular flexibility index (Phi) is 5.28. The van der Waals surface area contributed by atoms with E-state index in [1.807, 2.05) is 6.07 Å². The summed E-state index contributed by atoms with van der Waals surface area (Å²) in [7, 11) is 0. The summed E-state index contributed by atoms with van der Waals surface area (Å²) in [6.07, 6.45) is 0.339. The van der Waals surface area contributed by atoms with Crippen LogP contribution in [0.1, 0.15) is 27.1 Å². The molecule has 0 spiro atoms. The summed E-state index contributed by atoms with van der Waals surface area (Å²) in [6, 6.07) is 14.5. The fourth-order valence-corrected chi connectivity index (χ4v) is 2.83. The van der Waals surface area contributed by atoms with Gasteiger partial charge in [-0.1, -0.05) is 24.3 Å². The van der Waals surface area contributed by atoms with Gasteiger partial charge in [-0.3, -0.25) is 14.4 Å². The maximum absolute atomic E-state index is 12.4. The molecule has 2 atom stereocenters. The van der Waals surface area contributed by atoms with Crippen molar-refractivity contribution in [2.24, 2.45) is 0 Å². The first-order chi connectivity index (χ1) is 12.5. The van der Waals surface area contributed by atoms with Gasteiger partial charge in [0.1, 0.15) is 6.04 Å². The lowest BCUT2D eigenvalue weighted by Gasteiger charge is -2.12. The minimum absolute atomic E-state index is 0.244. The maximum Gasteiger partial charge on any atom is 0.320 e. The third-order valence-electron chi connectivity index (χ3n) is 4.18. The molecule has 7 nitrogen and oxygen atoms in total. The number of hydrogen-bond donors (Lipinski definition) is 4. The Morgan fingerprint density at radius 3 is 2.38 bits per heavy atom. The van der Waals surface area contributed by atoms with Crippen LogP contribution in [-0.4, -0.2) is 41.5 Å². The van der Waals surface area contributed by atoms with Gasteiger partial charge < -0.3 is 21.1 Å². The van der Waals surface area contributed by atoms with E-state index in [-0.39, 0.29) is 17.9 Å². The molecule has 3 rings (SSSR count). The monoisotopic (exact) mass is 353 g/mol. The third-order valence-corrected chi connectivity index (χ3v) is 4.18. The first-order valence-electron chi connectivity index (χ1n) is 8.26. The second-order valence-electron chi connectivity index (χ2n) is 6.11. The van der Waals surface area contributed by atoms with E-state index in [9.17, 15) is 14.4 Å². The first kappa shape index (κ1) is 17.6. The van der Waals surface area contributed by atoms with Crippen LogP contribution >= 0.6 is 0 Å². The van der Waals surface area contributed by atoms with Crippen molar-refractivity contribution in [2.45, 2.75) is 18.5 Å². The number of rotatable bonds is 5. The smallest absolute Gasteiger partial charge is 0.320 e. The first-order valence-corrected chi connectivity index (χ1v) is 8.26. The SMILES string of the molecule is O=C(Nc1cccc(C(=O)N[C@@H]2CN[C@H](C(=O)O)C2)c1)c1ccccc1. The topological polar surface area (TPSA) is 108 Å². The molecule has 2 amide bonds. The maximum atomic E-state index is 12.4. The van der Waals surface area contributed by atoms with Crippen molar-refractivity contribution in [2.75, 3.05) is 11.9 Å². The van der Waals surface area contributed by atoms with Gasteiger partial charge in [0.05, 0.1) is 0 Å². The average Bonchev–Trinajstić information content (AvgIpc) is 3.11. The van der Waals surface area contributed by atoms with Crippen molar-refractivity contribution >= 4 is 23.5 Å². The zero-order chi connectivity index (χ0) is 18.5. The summed E-state index contributed by atoms with van der Waals surface area (Å²) in [5, 5.41) is 17.4. The van der Waals surface area contributed by atoms with Gasteiger partial charge >= 0.3 is 5.97 Å². The standard InChI is InChI=1S/C19H19N3O4/c23-17(12-5-2-1-3-6-12)21-14-8-4-7-13(9-14)18(24)22-15-10-16(19(25)26)20-11-15/h1-9,15-16,20H,10-11H2,(H,21,23)(H,22,24)(H,25,26)/t15-,16-/m0/s1. The number of benzene rings is 2. The Labute approximate surface area is 150 Å². The number of aliphatic carboxylic acids is 1. The molecular weight excluding hydrogens is 334 g/mol.